The summed E-state index contributed by atoms with van der Waals surface area (Å²) in [6, 6.07) is 18.9. The van der Waals surface area contributed by atoms with Gasteiger partial charge < -0.3 is 20.5 Å². The van der Waals surface area contributed by atoms with Crippen molar-refractivity contribution in [1.29, 1.82) is 0 Å². The Bertz CT molecular complexity index is 1240. The van der Waals surface area contributed by atoms with Gasteiger partial charge >= 0.3 is 0 Å². The fourth-order valence-electron chi connectivity index (χ4n) is 4.26. The van der Waals surface area contributed by atoms with E-state index in [-0.39, 0.29) is 17.9 Å². The van der Waals surface area contributed by atoms with Crippen molar-refractivity contribution >= 4 is 46.4 Å². The van der Waals surface area contributed by atoms with Crippen LogP contribution in [0.1, 0.15) is 45.2 Å². The van der Waals surface area contributed by atoms with Crippen LogP contribution in [0.3, 0.4) is 0 Å². The summed E-state index contributed by atoms with van der Waals surface area (Å²) in [6.45, 7) is 0.783. The van der Waals surface area contributed by atoms with E-state index in [2.05, 4.69) is 5.32 Å². The van der Waals surface area contributed by atoms with Gasteiger partial charge in [-0.1, -0.05) is 35.3 Å². The zero-order valence-corrected chi connectivity index (χ0v) is 21.3. The van der Waals surface area contributed by atoms with Crippen LogP contribution >= 0.6 is 23.2 Å². The summed E-state index contributed by atoms with van der Waals surface area (Å²) < 4.78 is 11.7. The van der Waals surface area contributed by atoms with E-state index in [1.807, 2.05) is 12.1 Å². The average Bonchev–Trinajstić information content (AvgIpc) is 3.03. The molecule has 1 aliphatic heterocycles. The van der Waals surface area contributed by atoms with E-state index in [0.717, 1.165) is 5.56 Å². The number of rotatable bonds is 7. The van der Waals surface area contributed by atoms with Gasteiger partial charge in [0.2, 0.25) is 0 Å². The van der Waals surface area contributed by atoms with Crippen LogP contribution in [0.5, 0.6) is 0 Å². The minimum atomic E-state index is -0.497. The molecule has 2 atom stereocenters. The fourth-order valence-corrected chi connectivity index (χ4v) is 4.66. The molecule has 2 amide bonds. The molecule has 0 aromatic heterocycles. The molecule has 9 heteroatoms. The number of amides is 2. The van der Waals surface area contributed by atoms with Gasteiger partial charge in [0.05, 0.1) is 29.0 Å². The maximum atomic E-state index is 13.7. The highest BCUT2D eigenvalue weighted by molar-refractivity contribution is 6.34. The molecular formula is C27H27Cl2N3O4. The predicted octanol–water partition coefficient (Wildman–Crippen LogP) is 5.68. The normalized spacial score (nSPS) is 17.3. The molecular weight excluding hydrogens is 501 g/mol. The smallest absolute Gasteiger partial charge is 0.260 e. The van der Waals surface area contributed by atoms with Crippen LogP contribution in [0.15, 0.2) is 66.7 Å². The molecule has 0 saturated carbocycles. The minimum absolute atomic E-state index is 0.242. The Morgan fingerprint density at radius 3 is 2.50 bits per heavy atom. The molecule has 0 saturated heterocycles. The highest BCUT2D eigenvalue weighted by Crippen LogP contribution is 2.40. The topological polar surface area (TPSA) is 93.9 Å². The Balaban J connectivity index is 1.60. The maximum Gasteiger partial charge on any atom is 0.260 e. The van der Waals surface area contributed by atoms with E-state index in [9.17, 15) is 9.59 Å². The van der Waals surface area contributed by atoms with Gasteiger partial charge in [-0.3, -0.25) is 14.5 Å². The van der Waals surface area contributed by atoms with E-state index < -0.39 is 6.23 Å². The zero-order chi connectivity index (χ0) is 25.7. The van der Waals surface area contributed by atoms with E-state index in [0.29, 0.717) is 58.5 Å². The summed E-state index contributed by atoms with van der Waals surface area (Å²) in [4.78, 5) is 27.9. The second-order valence-corrected chi connectivity index (χ2v) is 9.15. The first-order valence-electron chi connectivity index (χ1n) is 11.6. The molecule has 0 radical (unpaired) electrons. The Kier molecular flexibility index (Phi) is 8.61. The van der Waals surface area contributed by atoms with Gasteiger partial charge in [-0.15, -0.1) is 0 Å². The van der Waals surface area contributed by atoms with Gasteiger partial charge in [0, 0.05) is 35.5 Å². The summed E-state index contributed by atoms with van der Waals surface area (Å²) in [5.41, 5.74) is 8.48. The second kappa shape index (κ2) is 11.9. The van der Waals surface area contributed by atoms with Crippen molar-refractivity contribution in [3.63, 3.8) is 0 Å². The lowest BCUT2D eigenvalue weighted by Gasteiger charge is -2.30. The number of fused-ring (bicyclic) bond motifs is 1. The number of nitrogens with zero attached hydrogens (tertiary/aromatic N) is 1. The van der Waals surface area contributed by atoms with Crippen LogP contribution in [0.25, 0.3) is 0 Å². The minimum Gasteiger partial charge on any atom is -0.372 e. The summed E-state index contributed by atoms with van der Waals surface area (Å²) in [5.74, 6) is -0.574. The van der Waals surface area contributed by atoms with Gasteiger partial charge in [-0.05, 0) is 67.4 Å². The maximum absolute atomic E-state index is 13.7. The quantitative estimate of drug-likeness (QED) is 0.412. The third kappa shape index (κ3) is 5.72. The lowest BCUT2D eigenvalue weighted by molar-refractivity contribution is 0.0345. The number of benzene rings is 3. The fraction of sp³-hybridized carbons (Fsp3) is 0.259. The molecule has 0 fully saturated rings. The highest BCUT2D eigenvalue weighted by atomic mass is 35.5. The van der Waals surface area contributed by atoms with Gasteiger partial charge in [-0.2, -0.15) is 0 Å². The molecule has 1 aliphatic rings. The molecule has 1 heterocycles. The number of anilines is 2. The number of hydrogen-bond acceptors (Lipinski definition) is 5. The zero-order valence-electron chi connectivity index (χ0n) is 19.7. The van der Waals surface area contributed by atoms with E-state index >= 15 is 0 Å². The molecule has 36 heavy (non-hydrogen) atoms. The summed E-state index contributed by atoms with van der Waals surface area (Å²) in [5, 5.41) is 3.72. The van der Waals surface area contributed by atoms with Crippen molar-refractivity contribution < 1.29 is 19.1 Å². The lowest BCUT2D eigenvalue weighted by Crippen LogP contribution is -2.41. The number of carbonyl (C=O) groups excluding carboxylic acids is 2. The summed E-state index contributed by atoms with van der Waals surface area (Å²) in [7, 11) is 1.58. The molecule has 0 bridgehead atoms. The van der Waals surface area contributed by atoms with Crippen molar-refractivity contribution in [2.24, 2.45) is 5.73 Å². The van der Waals surface area contributed by atoms with Gasteiger partial charge in [0.15, 0.2) is 0 Å². The molecule has 0 spiro atoms. The van der Waals surface area contributed by atoms with Crippen molar-refractivity contribution in [3.8, 4) is 0 Å². The molecule has 0 aliphatic carbocycles. The van der Waals surface area contributed by atoms with Gasteiger partial charge in [-0.25, -0.2) is 0 Å². The molecule has 188 valence electrons. The Morgan fingerprint density at radius 1 is 1.06 bits per heavy atom. The molecule has 7 nitrogen and oxygen atoms in total. The van der Waals surface area contributed by atoms with Gasteiger partial charge in [0.25, 0.3) is 11.8 Å². The number of nitrogens with one attached hydrogen (secondary N) is 1. The highest BCUT2D eigenvalue weighted by Gasteiger charge is 2.34. The van der Waals surface area contributed by atoms with E-state index in [4.69, 9.17) is 38.4 Å². The van der Waals surface area contributed by atoms with Crippen LogP contribution in [-0.4, -0.2) is 38.3 Å². The van der Waals surface area contributed by atoms with Gasteiger partial charge in [0.1, 0.15) is 6.23 Å². The van der Waals surface area contributed by atoms with Crippen LogP contribution in [0, 0.1) is 0 Å². The molecule has 2 unspecified atom stereocenters. The summed E-state index contributed by atoms with van der Waals surface area (Å²) in [6.07, 6.45) is 0.446. The lowest BCUT2D eigenvalue weighted by atomic mass is 10.0. The average molecular weight is 528 g/mol. The number of ether oxygens (including phenoxy) is 2. The first-order chi connectivity index (χ1) is 17.4. The van der Waals surface area contributed by atoms with E-state index in [1.165, 1.54) is 0 Å². The number of halogens is 2. The van der Waals surface area contributed by atoms with Crippen LogP contribution in [0.2, 0.25) is 10.0 Å². The Hall–Kier alpha value is -2.94. The first kappa shape index (κ1) is 26.1. The number of methoxy groups -OCH3 is 1. The molecule has 3 aromatic rings. The third-order valence-electron chi connectivity index (χ3n) is 6.00. The van der Waals surface area contributed by atoms with Crippen molar-refractivity contribution in [3.05, 3.63) is 93.5 Å². The Morgan fingerprint density at radius 2 is 1.81 bits per heavy atom. The SMILES string of the molecule is COC1CCC(OCCN)c2cc(Cl)ccc2N1C(=O)c1ccc(NC(=O)c2ccccc2Cl)cc1. The van der Waals surface area contributed by atoms with Crippen LogP contribution < -0.4 is 16.0 Å². The summed E-state index contributed by atoms with van der Waals surface area (Å²) >= 11 is 12.4. The molecule has 3 N–H and O–H groups in total. The largest absolute Gasteiger partial charge is 0.372 e. The van der Waals surface area contributed by atoms with Crippen LogP contribution in [-0.2, 0) is 9.47 Å². The first-order valence-corrected chi connectivity index (χ1v) is 12.3. The van der Waals surface area contributed by atoms with Crippen molar-refractivity contribution in [1.82, 2.24) is 0 Å². The van der Waals surface area contributed by atoms with Crippen molar-refractivity contribution in [2.45, 2.75) is 25.2 Å². The number of carbonyl (C=O) groups is 2. The Labute approximate surface area is 220 Å². The van der Waals surface area contributed by atoms with E-state index in [1.54, 1.807) is 66.6 Å². The third-order valence-corrected chi connectivity index (χ3v) is 6.56. The number of hydrogen-bond donors (Lipinski definition) is 2. The predicted molar refractivity (Wildman–Crippen MR) is 142 cm³/mol. The number of nitrogens with two attached hydrogens (primary N) is 1. The van der Waals surface area contributed by atoms with Crippen molar-refractivity contribution in [2.75, 3.05) is 30.5 Å². The molecule has 3 aromatic carbocycles. The second-order valence-electron chi connectivity index (χ2n) is 8.31. The molecule has 4 rings (SSSR count). The monoisotopic (exact) mass is 527 g/mol. The standard InChI is InChI=1S/C27H27Cl2N3O4/c1-35-25-13-12-24(36-15-14-30)21-16-18(28)8-11-23(21)32(25)27(34)17-6-9-19(10-7-17)31-26(33)20-4-2-3-5-22(20)29/h2-11,16,24-25H,12-15,30H2,1H3,(H,31,33). The van der Waals surface area contributed by atoms with Crippen LogP contribution in [0.4, 0.5) is 11.4 Å².